The van der Waals surface area contributed by atoms with Crippen molar-refractivity contribution in [3.63, 3.8) is 0 Å². The van der Waals surface area contributed by atoms with Crippen molar-refractivity contribution in [2.24, 2.45) is 0 Å². The molecule has 112 valence electrons. The Morgan fingerprint density at radius 1 is 1.14 bits per heavy atom. The molecule has 6 heteroatoms. The Morgan fingerprint density at radius 3 is 2.62 bits per heavy atom. The molecule has 2 nitrogen and oxygen atoms in total. The number of halogens is 4. The van der Waals surface area contributed by atoms with Crippen LogP contribution in [0.15, 0.2) is 46.9 Å². The van der Waals surface area contributed by atoms with Gasteiger partial charge in [-0.3, -0.25) is 0 Å². The molecule has 2 rings (SSSR count). The van der Waals surface area contributed by atoms with Crippen molar-refractivity contribution < 1.29 is 17.9 Å². The largest absolute Gasteiger partial charge is 0.573 e. The van der Waals surface area contributed by atoms with Crippen LogP contribution in [0.1, 0.15) is 11.1 Å². The van der Waals surface area contributed by atoms with E-state index in [1.807, 2.05) is 25.1 Å². The van der Waals surface area contributed by atoms with Crippen molar-refractivity contribution in [2.45, 2.75) is 19.8 Å². The molecule has 0 aliphatic carbocycles. The van der Waals surface area contributed by atoms with Gasteiger partial charge in [-0.05, 0) is 58.2 Å². The zero-order valence-corrected chi connectivity index (χ0v) is 12.8. The van der Waals surface area contributed by atoms with Gasteiger partial charge in [0.2, 0.25) is 0 Å². The van der Waals surface area contributed by atoms with E-state index in [9.17, 15) is 13.2 Å². The van der Waals surface area contributed by atoms with Gasteiger partial charge in [0.1, 0.15) is 5.75 Å². The second kappa shape index (κ2) is 6.39. The SMILES string of the molecule is Cc1ccc(Br)c(NCc2cccc(OC(F)(F)F)c2)c1. The molecule has 2 aromatic carbocycles. The predicted octanol–water partition coefficient (Wildman–Crippen LogP) is 5.27. The van der Waals surface area contributed by atoms with Gasteiger partial charge < -0.3 is 10.1 Å². The lowest BCUT2D eigenvalue weighted by Gasteiger charge is -2.12. The second-order valence-electron chi connectivity index (χ2n) is 4.53. The summed E-state index contributed by atoms with van der Waals surface area (Å²) < 4.78 is 41.3. The van der Waals surface area contributed by atoms with Crippen LogP contribution in [0.3, 0.4) is 0 Å². The van der Waals surface area contributed by atoms with Crippen LogP contribution >= 0.6 is 15.9 Å². The van der Waals surface area contributed by atoms with E-state index in [4.69, 9.17) is 0 Å². The average molecular weight is 360 g/mol. The maximum atomic E-state index is 12.2. The fourth-order valence-electron chi connectivity index (χ4n) is 1.82. The number of aryl methyl sites for hydroxylation is 1. The van der Waals surface area contributed by atoms with Gasteiger partial charge in [0.15, 0.2) is 0 Å². The van der Waals surface area contributed by atoms with Crippen molar-refractivity contribution in [3.8, 4) is 5.75 Å². The Balaban J connectivity index is 2.06. The molecular weight excluding hydrogens is 347 g/mol. The summed E-state index contributed by atoms with van der Waals surface area (Å²) in [5.41, 5.74) is 2.68. The molecule has 0 aliphatic rings. The molecule has 1 N–H and O–H groups in total. The summed E-state index contributed by atoms with van der Waals surface area (Å²) in [7, 11) is 0. The summed E-state index contributed by atoms with van der Waals surface area (Å²) in [4.78, 5) is 0. The first-order valence-corrected chi connectivity index (χ1v) is 6.97. The fraction of sp³-hybridized carbons (Fsp3) is 0.200. The average Bonchev–Trinajstić information content (AvgIpc) is 2.38. The molecule has 0 radical (unpaired) electrons. The van der Waals surface area contributed by atoms with Crippen molar-refractivity contribution in [1.82, 2.24) is 0 Å². The van der Waals surface area contributed by atoms with E-state index in [0.29, 0.717) is 12.1 Å². The van der Waals surface area contributed by atoms with Gasteiger partial charge >= 0.3 is 6.36 Å². The third kappa shape index (κ3) is 4.97. The highest BCUT2D eigenvalue weighted by Crippen LogP contribution is 2.26. The molecule has 0 fully saturated rings. The summed E-state index contributed by atoms with van der Waals surface area (Å²) in [6.07, 6.45) is -4.67. The van der Waals surface area contributed by atoms with Crippen molar-refractivity contribution in [1.29, 1.82) is 0 Å². The molecule has 0 heterocycles. The van der Waals surface area contributed by atoms with E-state index in [1.54, 1.807) is 6.07 Å². The highest BCUT2D eigenvalue weighted by Gasteiger charge is 2.31. The van der Waals surface area contributed by atoms with Gasteiger partial charge in [-0.15, -0.1) is 13.2 Å². The summed E-state index contributed by atoms with van der Waals surface area (Å²) in [5.74, 6) is -0.217. The molecule has 0 saturated heterocycles. The summed E-state index contributed by atoms with van der Waals surface area (Å²) >= 11 is 3.42. The molecule has 0 aliphatic heterocycles. The van der Waals surface area contributed by atoms with E-state index in [-0.39, 0.29) is 5.75 Å². The van der Waals surface area contributed by atoms with E-state index >= 15 is 0 Å². The summed E-state index contributed by atoms with van der Waals surface area (Å²) in [6.45, 7) is 2.37. The number of benzene rings is 2. The van der Waals surface area contributed by atoms with Crippen LogP contribution in [0.4, 0.5) is 18.9 Å². The Labute approximate surface area is 129 Å². The molecule has 0 amide bonds. The minimum Gasteiger partial charge on any atom is -0.406 e. The lowest BCUT2D eigenvalue weighted by Crippen LogP contribution is -2.17. The third-order valence-corrected chi connectivity index (χ3v) is 3.43. The van der Waals surface area contributed by atoms with Gasteiger partial charge in [-0.25, -0.2) is 0 Å². The smallest absolute Gasteiger partial charge is 0.406 e. The highest BCUT2D eigenvalue weighted by atomic mass is 79.9. The van der Waals surface area contributed by atoms with Crippen LogP contribution < -0.4 is 10.1 Å². The standard InChI is InChI=1S/C15H13BrF3NO/c1-10-5-6-13(16)14(7-10)20-9-11-3-2-4-12(8-11)21-15(17,18)19/h2-8,20H,9H2,1H3. The molecule has 0 atom stereocenters. The number of rotatable bonds is 4. The van der Waals surface area contributed by atoms with Crippen LogP contribution in [-0.4, -0.2) is 6.36 Å². The third-order valence-electron chi connectivity index (χ3n) is 2.74. The number of alkyl halides is 3. The predicted molar refractivity (Wildman–Crippen MR) is 79.3 cm³/mol. The Kier molecular flexibility index (Phi) is 4.77. The van der Waals surface area contributed by atoms with E-state index in [0.717, 1.165) is 15.7 Å². The van der Waals surface area contributed by atoms with Gasteiger partial charge in [0.05, 0.1) is 0 Å². The second-order valence-corrected chi connectivity index (χ2v) is 5.39. The molecule has 2 aromatic rings. The zero-order chi connectivity index (χ0) is 15.5. The van der Waals surface area contributed by atoms with Crippen LogP contribution in [0.25, 0.3) is 0 Å². The number of hydrogen-bond acceptors (Lipinski definition) is 2. The van der Waals surface area contributed by atoms with Crippen molar-refractivity contribution >= 4 is 21.6 Å². The molecule has 0 spiro atoms. The fourth-order valence-corrected chi connectivity index (χ4v) is 2.21. The molecule has 0 saturated carbocycles. The maximum Gasteiger partial charge on any atom is 0.573 e. The van der Waals surface area contributed by atoms with Crippen LogP contribution in [0.2, 0.25) is 0 Å². The van der Waals surface area contributed by atoms with Crippen LogP contribution in [-0.2, 0) is 6.54 Å². The molecule has 21 heavy (non-hydrogen) atoms. The van der Waals surface area contributed by atoms with Crippen LogP contribution in [0.5, 0.6) is 5.75 Å². The normalized spacial score (nSPS) is 11.3. The lowest BCUT2D eigenvalue weighted by atomic mass is 10.2. The summed E-state index contributed by atoms with van der Waals surface area (Å²) in [5, 5.41) is 3.18. The Bertz CT molecular complexity index is 629. The first kappa shape index (κ1) is 15.7. The van der Waals surface area contributed by atoms with E-state index in [2.05, 4.69) is 26.0 Å². The Hall–Kier alpha value is -1.69. The molecule has 0 aromatic heterocycles. The van der Waals surface area contributed by atoms with E-state index in [1.165, 1.54) is 18.2 Å². The van der Waals surface area contributed by atoms with Crippen molar-refractivity contribution in [2.75, 3.05) is 5.32 Å². The number of hydrogen-bond donors (Lipinski definition) is 1. The molecule has 0 unspecified atom stereocenters. The Morgan fingerprint density at radius 2 is 1.90 bits per heavy atom. The number of anilines is 1. The van der Waals surface area contributed by atoms with Gasteiger partial charge in [0, 0.05) is 16.7 Å². The zero-order valence-electron chi connectivity index (χ0n) is 11.2. The first-order valence-electron chi connectivity index (χ1n) is 6.18. The van der Waals surface area contributed by atoms with Crippen LogP contribution in [0, 0.1) is 6.92 Å². The van der Waals surface area contributed by atoms with Crippen molar-refractivity contribution in [3.05, 3.63) is 58.1 Å². The monoisotopic (exact) mass is 359 g/mol. The quantitative estimate of drug-likeness (QED) is 0.802. The first-order chi connectivity index (χ1) is 9.83. The maximum absolute atomic E-state index is 12.2. The molecular formula is C15H13BrF3NO. The number of ether oxygens (including phenoxy) is 1. The van der Waals surface area contributed by atoms with Gasteiger partial charge in [-0.1, -0.05) is 18.2 Å². The minimum absolute atomic E-state index is 0.217. The minimum atomic E-state index is -4.67. The highest BCUT2D eigenvalue weighted by molar-refractivity contribution is 9.10. The van der Waals surface area contributed by atoms with Gasteiger partial charge in [0.25, 0.3) is 0 Å². The van der Waals surface area contributed by atoms with E-state index < -0.39 is 6.36 Å². The lowest BCUT2D eigenvalue weighted by molar-refractivity contribution is -0.274. The van der Waals surface area contributed by atoms with Gasteiger partial charge in [-0.2, -0.15) is 0 Å². The summed E-state index contributed by atoms with van der Waals surface area (Å²) in [6, 6.07) is 11.8. The molecule has 0 bridgehead atoms. The number of nitrogens with one attached hydrogen (secondary N) is 1. The topological polar surface area (TPSA) is 21.3 Å².